The van der Waals surface area contributed by atoms with Crippen LogP contribution in [0.1, 0.15) is 21.6 Å². The second kappa shape index (κ2) is 4.44. The lowest BCUT2D eigenvalue weighted by molar-refractivity contribution is 0.111. The van der Waals surface area contributed by atoms with Crippen LogP contribution in [-0.4, -0.2) is 21.2 Å². The molecule has 2 aromatic rings. The highest BCUT2D eigenvalue weighted by atomic mass is 16.3. The highest BCUT2D eigenvalue weighted by Crippen LogP contribution is 2.15. The number of aromatic nitrogens is 2. The van der Waals surface area contributed by atoms with Crippen molar-refractivity contribution in [3.8, 4) is 11.4 Å². The normalized spacial score (nSPS) is 10.3. The first-order chi connectivity index (χ1) is 8.52. The predicted molar refractivity (Wildman–Crippen MR) is 66.4 cm³/mol. The van der Waals surface area contributed by atoms with Crippen molar-refractivity contribution in [2.24, 2.45) is 0 Å². The van der Waals surface area contributed by atoms with Crippen LogP contribution in [0, 0.1) is 13.8 Å². The lowest BCUT2D eigenvalue weighted by atomic mass is 10.1. The van der Waals surface area contributed by atoms with E-state index in [9.17, 15) is 14.7 Å². The zero-order valence-electron chi connectivity index (χ0n) is 10.0. The number of rotatable bonds is 2. The molecule has 0 radical (unpaired) electrons. The van der Waals surface area contributed by atoms with Gasteiger partial charge in [0.15, 0.2) is 17.7 Å². The molecule has 1 N–H and O–H groups in total. The quantitative estimate of drug-likeness (QED) is 0.810. The van der Waals surface area contributed by atoms with Gasteiger partial charge in [-0.25, -0.2) is 0 Å². The van der Waals surface area contributed by atoms with Crippen molar-refractivity contribution in [3.05, 3.63) is 51.4 Å². The Kier molecular flexibility index (Phi) is 2.97. The van der Waals surface area contributed by atoms with E-state index in [1.807, 2.05) is 26.0 Å². The van der Waals surface area contributed by atoms with Gasteiger partial charge in [-0.2, -0.15) is 9.78 Å². The summed E-state index contributed by atoms with van der Waals surface area (Å²) in [4.78, 5) is 22.5. The van der Waals surface area contributed by atoms with Gasteiger partial charge < -0.3 is 5.11 Å². The molecule has 5 nitrogen and oxygen atoms in total. The molecule has 0 bridgehead atoms. The van der Waals surface area contributed by atoms with Crippen LogP contribution in [0.5, 0.6) is 5.75 Å². The van der Waals surface area contributed by atoms with Gasteiger partial charge >= 0.3 is 0 Å². The van der Waals surface area contributed by atoms with Gasteiger partial charge in [0, 0.05) is 6.07 Å². The molecule has 92 valence electrons. The summed E-state index contributed by atoms with van der Waals surface area (Å²) in [5.41, 5.74) is 1.80. The molecule has 0 aliphatic rings. The van der Waals surface area contributed by atoms with Gasteiger partial charge in [-0.1, -0.05) is 12.1 Å². The highest BCUT2D eigenvalue weighted by molar-refractivity contribution is 5.75. The summed E-state index contributed by atoms with van der Waals surface area (Å²) in [7, 11) is 0. The molecule has 0 saturated heterocycles. The minimum absolute atomic E-state index is 0.157. The largest absolute Gasteiger partial charge is 0.505 e. The minimum Gasteiger partial charge on any atom is -0.505 e. The molecule has 0 aliphatic heterocycles. The minimum atomic E-state index is -0.480. The van der Waals surface area contributed by atoms with Crippen molar-refractivity contribution in [1.82, 2.24) is 9.78 Å². The standard InChI is InChI=1S/C13H12N2O3/c1-8-3-4-9(2)11(5-8)15-13(18)6-12(17)10(7-16)14-15/h3-7,17H,1-2H3. The molecular formula is C13H12N2O3. The van der Waals surface area contributed by atoms with Crippen molar-refractivity contribution >= 4 is 6.29 Å². The fourth-order valence-electron chi connectivity index (χ4n) is 1.66. The van der Waals surface area contributed by atoms with Gasteiger partial charge in [0.1, 0.15) is 0 Å². The van der Waals surface area contributed by atoms with E-state index in [-0.39, 0.29) is 5.69 Å². The molecule has 18 heavy (non-hydrogen) atoms. The maximum atomic E-state index is 11.8. The fraction of sp³-hybridized carbons (Fsp3) is 0.154. The summed E-state index contributed by atoms with van der Waals surface area (Å²) >= 11 is 0. The first-order valence-corrected chi connectivity index (χ1v) is 5.39. The SMILES string of the molecule is Cc1ccc(C)c(-n2nc(C=O)c(O)cc2=O)c1. The van der Waals surface area contributed by atoms with Crippen LogP contribution in [0.4, 0.5) is 0 Å². The molecule has 2 rings (SSSR count). The van der Waals surface area contributed by atoms with Crippen LogP contribution in [0.25, 0.3) is 5.69 Å². The summed E-state index contributed by atoms with van der Waals surface area (Å²) < 4.78 is 1.12. The van der Waals surface area contributed by atoms with Gasteiger partial charge in [-0.05, 0) is 31.0 Å². The first-order valence-electron chi connectivity index (χ1n) is 5.39. The van der Waals surface area contributed by atoms with Crippen molar-refractivity contribution < 1.29 is 9.90 Å². The van der Waals surface area contributed by atoms with Gasteiger partial charge in [0.25, 0.3) is 5.56 Å². The number of aldehydes is 1. The summed E-state index contributed by atoms with van der Waals surface area (Å²) in [6, 6.07) is 6.57. The Labute approximate surface area is 103 Å². The van der Waals surface area contributed by atoms with E-state index in [0.717, 1.165) is 21.9 Å². The van der Waals surface area contributed by atoms with E-state index in [1.165, 1.54) is 0 Å². The molecule has 0 aliphatic carbocycles. The maximum Gasteiger partial charge on any atom is 0.275 e. The van der Waals surface area contributed by atoms with Gasteiger partial charge in [0.05, 0.1) is 5.69 Å². The molecule has 0 saturated carbocycles. The third-order valence-electron chi connectivity index (χ3n) is 2.64. The number of nitrogens with zero attached hydrogens (tertiary/aromatic N) is 2. The second-order valence-electron chi connectivity index (χ2n) is 4.07. The van der Waals surface area contributed by atoms with Crippen LogP contribution in [-0.2, 0) is 0 Å². The van der Waals surface area contributed by atoms with E-state index < -0.39 is 11.3 Å². The van der Waals surface area contributed by atoms with Crippen molar-refractivity contribution in [2.45, 2.75) is 13.8 Å². The van der Waals surface area contributed by atoms with Crippen LogP contribution >= 0.6 is 0 Å². The highest BCUT2D eigenvalue weighted by Gasteiger charge is 2.10. The molecule has 5 heteroatoms. The molecule has 1 aromatic heterocycles. The fourth-order valence-corrected chi connectivity index (χ4v) is 1.66. The number of hydrogen-bond donors (Lipinski definition) is 1. The topological polar surface area (TPSA) is 72.2 Å². The predicted octanol–water partition coefficient (Wildman–Crippen LogP) is 1.37. The lowest BCUT2D eigenvalue weighted by Gasteiger charge is -2.09. The molecule has 0 unspecified atom stereocenters. The molecule has 1 heterocycles. The van der Waals surface area contributed by atoms with Crippen LogP contribution in [0.15, 0.2) is 29.1 Å². The molecule has 0 amide bonds. The number of hydrogen-bond acceptors (Lipinski definition) is 4. The van der Waals surface area contributed by atoms with Crippen molar-refractivity contribution in [3.63, 3.8) is 0 Å². The number of benzene rings is 1. The second-order valence-corrected chi connectivity index (χ2v) is 4.07. The Morgan fingerprint density at radius 3 is 2.67 bits per heavy atom. The Morgan fingerprint density at radius 2 is 2.00 bits per heavy atom. The van der Waals surface area contributed by atoms with E-state index in [4.69, 9.17) is 0 Å². The van der Waals surface area contributed by atoms with E-state index in [0.29, 0.717) is 12.0 Å². The molecule has 0 atom stereocenters. The van der Waals surface area contributed by atoms with Crippen molar-refractivity contribution in [1.29, 1.82) is 0 Å². The van der Waals surface area contributed by atoms with E-state index in [1.54, 1.807) is 6.07 Å². The summed E-state index contributed by atoms with van der Waals surface area (Å²) in [6.45, 7) is 3.74. The number of carbonyl (C=O) groups is 1. The zero-order valence-corrected chi connectivity index (χ0v) is 10.0. The number of carbonyl (C=O) groups excluding carboxylic acids is 1. The monoisotopic (exact) mass is 244 g/mol. The Hall–Kier alpha value is -2.43. The Bertz CT molecular complexity index is 674. The van der Waals surface area contributed by atoms with Crippen LogP contribution in [0.3, 0.4) is 0 Å². The zero-order chi connectivity index (χ0) is 13.3. The molecule has 1 aromatic carbocycles. The molecule has 0 spiro atoms. The van der Waals surface area contributed by atoms with E-state index in [2.05, 4.69) is 5.10 Å². The van der Waals surface area contributed by atoms with Gasteiger partial charge in [0.2, 0.25) is 0 Å². The third kappa shape index (κ3) is 2.02. The van der Waals surface area contributed by atoms with Gasteiger partial charge in [-0.3, -0.25) is 9.59 Å². The molecule has 0 fully saturated rings. The summed E-state index contributed by atoms with van der Waals surface area (Å²) in [6.07, 6.45) is 0.413. The summed E-state index contributed by atoms with van der Waals surface area (Å²) in [5, 5.41) is 13.2. The summed E-state index contributed by atoms with van der Waals surface area (Å²) in [5.74, 6) is -0.406. The van der Waals surface area contributed by atoms with Crippen molar-refractivity contribution in [2.75, 3.05) is 0 Å². The van der Waals surface area contributed by atoms with Crippen LogP contribution < -0.4 is 5.56 Å². The smallest absolute Gasteiger partial charge is 0.275 e. The number of aromatic hydroxyl groups is 1. The molecular weight excluding hydrogens is 232 g/mol. The lowest BCUT2D eigenvalue weighted by Crippen LogP contribution is -2.22. The van der Waals surface area contributed by atoms with Crippen LogP contribution in [0.2, 0.25) is 0 Å². The van der Waals surface area contributed by atoms with Gasteiger partial charge in [-0.15, -0.1) is 0 Å². The van der Waals surface area contributed by atoms with E-state index >= 15 is 0 Å². The Morgan fingerprint density at radius 1 is 1.28 bits per heavy atom. The number of aryl methyl sites for hydroxylation is 2. The average molecular weight is 244 g/mol. The maximum absolute atomic E-state index is 11.8. The first kappa shape index (κ1) is 12.0. The Balaban J connectivity index is 2.74. The third-order valence-corrected chi connectivity index (χ3v) is 2.64. The average Bonchev–Trinajstić information content (AvgIpc) is 2.33.